The number of hydrogen-bond acceptors (Lipinski definition) is 4. The van der Waals surface area contributed by atoms with Gasteiger partial charge in [0, 0.05) is 24.7 Å². The van der Waals surface area contributed by atoms with Crippen molar-refractivity contribution in [2.45, 2.75) is 39.2 Å². The maximum absolute atomic E-state index is 13.8. The van der Waals surface area contributed by atoms with Crippen LogP contribution in [0.5, 0.6) is 0 Å². The largest absolute Gasteiger partial charge is 0.298 e. The van der Waals surface area contributed by atoms with E-state index in [0.717, 1.165) is 43.7 Å². The molecule has 3 aromatic rings. The van der Waals surface area contributed by atoms with Gasteiger partial charge in [0.1, 0.15) is 12.1 Å². The van der Waals surface area contributed by atoms with Crippen molar-refractivity contribution in [1.29, 1.82) is 0 Å². The topological polar surface area (TPSA) is 46.3 Å². The molecule has 0 radical (unpaired) electrons. The summed E-state index contributed by atoms with van der Waals surface area (Å²) in [4.78, 5) is 11.1. The molecule has 25 heavy (non-hydrogen) atoms. The van der Waals surface area contributed by atoms with Crippen molar-refractivity contribution in [2.24, 2.45) is 0 Å². The van der Waals surface area contributed by atoms with Gasteiger partial charge in [-0.25, -0.2) is 13.9 Å². The minimum absolute atomic E-state index is 0.125. The van der Waals surface area contributed by atoms with E-state index in [1.807, 2.05) is 23.6 Å². The minimum Gasteiger partial charge on any atom is -0.298 e. The number of piperidine rings is 1. The zero-order chi connectivity index (χ0) is 17.4. The van der Waals surface area contributed by atoms with Gasteiger partial charge in [-0.05, 0) is 56.5 Å². The first-order valence-corrected chi connectivity index (χ1v) is 8.75. The Bertz CT molecular complexity index is 904. The predicted octanol–water partition coefficient (Wildman–Crippen LogP) is 3.26. The maximum atomic E-state index is 13.8. The number of halogens is 1. The highest BCUT2D eigenvalue weighted by atomic mass is 19.1. The van der Waals surface area contributed by atoms with Crippen molar-refractivity contribution >= 4 is 5.78 Å². The summed E-state index contributed by atoms with van der Waals surface area (Å²) in [5.41, 5.74) is 3.86. The summed E-state index contributed by atoms with van der Waals surface area (Å²) in [5.74, 6) is 0.919. The molecule has 1 unspecified atom stereocenters. The lowest BCUT2D eigenvalue weighted by Gasteiger charge is -2.33. The summed E-state index contributed by atoms with van der Waals surface area (Å²) in [5, 5.41) is 4.34. The highest BCUT2D eigenvalue weighted by Gasteiger charge is 2.24. The summed E-state index contributed by atoms with van der Waals surface area (Å²) in [6.07, 6.45) is 3.80. The lowest BCUT2D eigenvalue weighted by atomic mass is 9.93. The Morgan fingerprint density at radius 1 is 1.24 bits per heavy atom. The van der Waals surface area contributed by atoms with E-state index in [-0.39, 0.29) is 5.82 Å². The molecule has 0 spiro atoms. The van der Waals surface area contributed by atoms with Crippen LogP contribution in [0.1, 0.15) is 41.3 Å². The number of fused-ring (bicyclic) bond motifs is 1. The second kappa shape index (κ2) is 6.52. The van der Waals surface area contributed by atoms with Crippen LogP contribution in [0.4, 0.5) is 4.39 Å². The van der Waals surface area contributed by atoms with Crippen LogP contribution in [0, 0.1) is 19.7 Å². The molecule has 1 aliphatic rings. The van der Waals surface area contributed by atoms with E-state index in [1.54, 1.807) is 19.3 Å². The van der Waals surface area contributed by atoms with Gasteiger partial charge in [-0.2, -0.15) is 10.1 Å². The third kappa shape index (κ3) is 3.26. The second-order valence-electron chi connectivity index (χ2n) is 6.95. The van der Waals surface area contributed by atoms with Crippen LogP contribution in [0.25, 0.3) is 5.78 Å². The van der Waals surface area contributed by atoms with Crippen molar-refractivity contribution in [3.63, 3.8) is 0 Å². The van der Waals surface area contributed by atoms with Crippen molar-refractivity contribution in [1.82, 2.24) is 24.5 Å². The zero-order valence-corrected chi connectivity index (χ0v) is 14.6. The first kappa shape index (κ1) is 16.1. The molecule has 2 aromatic heterocycles. The molecule has 5 nitrogen and oxygen atoms in total. The van der Waals surface area contributed by atoms with Gasteiger partial charge in [-0.15, -0.1) is 0 Å². The van der Waals surface area contributed by atoms with Gasteiger partial charge in [0.15, 0.2) is 0 Å². The molecule has 130 valence electrons. The average molecular weight is 339 g/mol. The van der Waals surface area contributed by atoms with E-state index in [1.165, 1.54) is 5.69 Å². The summed E-state index contributed by atoms with van der Waals surface area (Å²) < 4.78 is 15.7. The summed E-state index contributed by atoms with van der Waals surface area (Å²) >= 11 is 0. The van der Waals surface area contributed by atoms with Gasteiger partial charge >= 0.3 is 0 Å². The van der Waals surface area contributed by atoms with Crippen molar-refractivity contribution in [3.05, 3.63) is 58.9 Å². The molecular weight excluding hydrogens is 317 g/mol. The second-order valence-corrected chi connectivity index (χ2v) is 6.95. The summed E-state index contributed by atoms with van der Waals surface area (Å²) in [7, 11) is 0. The van der Waals surface area contributed by atoms with Crippen LogP contribution in [0.3, 0.4) is 0 Å². The normalized spacial score (nSPS) is 18.8. The molecule has 6 heteroatoms. The number of hydrogen-bond donors (Lipinski definition) is 0. The molecule has 4 rings (SSSR count). The van der Waals surface area contributed by atoms with E-state index in [4.69, 9.17) is 0 Å². The Balaban J connectivity index is 1.56. The van der Waals surface area contributed by atoms with Crippen LogP contribution in [0.2, 0.25) is 0 Å². The fraction of sp³-hybridized carbons (Fsp3) is 0.421. The van der Waals surface area contributed by atoms with E-state index in [9.17, 15) is 4.39 Å². The Kier molecular flexibility index (Phi) is 4.21. The first-order chi connectivity index (χ1) is 12.1. The molecule has 1 fully saturated rings. The van der Waals surface area contributed by atoms with E-state index in [0.29, 0.717) is 17.3 Å². The quantitative estimate of drug-likeness (QED) is 0.735. The van der Waals surface area contributed by atoms with Crippen molar-refractivity contribution in [2.75, 3.05) is 13.1 Å². The Morgan fingerprint density at radius 2 is 2.12 bits per heavy atom. The Morgan fingerprint density at radius 3 is 2.96 bits per heavy atom. The van der Waals surface area contributed by atoms with Crippen molar-refractivity contribution < 1.29 is 4.39 Å². The SMILES string of the molecule is Cc1cc(C2CCCN(Cc3ccc(C)c(F)c3)C2)n2ncnc2n1. The lowest BCUT2D eigenvalue weighted by molar-refractivity contribution is 0.197. The molecule has 0 bridgehead atoms. The highest BCUT2D eigenvalue weighted by molar-refractivity contribution is 5.31. The molecular formula is C19H22FN5. The molecule has 1 aromatic carbocycles. The number of likely N-dealkylation sites (tertiary alicyclic amines) is 1. The standard InChI is InChI=1S/C19H22FN5/c1-13-5-6-15(9-17(13)20)10-24-7-3-4-16(11-24)18-8-14(2)23-19-21-12-22-25(18)19/h5-6,8-9,12,16H,3-4,7,10-11H2,1-2H3. The average Bonchev–Trinajstić information content (AvgIpc) is 3.06. The van der Waals surface area contributed by atoms with Crippen LogP contribution >= 0.6 is 0 Å². The first-order valence-electron chi connectivity index (χ1n) is 8.75. The monoisotopic (exact) mass is 339 g/mol. The predicted molar refractivity (Wildman–Crippen MR) is 93.9 cm³/mol. The lowest BCUT2D eigenvalue weighted by Crippen LogP contribution is -2.34. The van der Waals surface area contributed by atoms with Gasteiger partial charge in [0.05, 0.1) is 5.69 Å². The van der Waals surface area contributed by atoms with Crippen molar-refractivity contribution in [3.8, 4) is 0 Å². The van der Waals surface area contributed by atoms with E-state index < -0.39 is 0 Å². The van der Waals surface area contributed by atoms with E-state index >= 15 is 0 Å². The van der Waals surface area contributed by atoms with Crippen LogP contribution in [-0.4, -0.2) is 37.6 Å². The number of benzene rings is 1. The Hall–Kier alpha value is -2.34. The van der Waals surface area contributed by atoms with Crippen LogP contribution in [0.15, 0.2) is 30.6 Å². The number of nitrogens with zero attached hydrogens (tertiary/aromatic N) is 5. The Labute approximate surface area is 146 Å². The third-order valence-electron chi connectivity index (χ3n) is 4.97. The maximum Gasteiger partial charge on any atom is 0.252 e. The van der Waals surface area contributed by atoms with Gasteiger partial charge < -0.3 is 0 Å². The number of aryl methyl sites for hydroxylation is 2. The summed E-state index contributed by atoms with van der Waals surface area (Å²) in [6.45, 7) is 6.54. The smallest absolute Gasteiger partial charge is 0.252 e. The molecule has 1 aliphatic heterocycles. The number of rotatable bonds is 3. The molecule has 1 saturated heterocycles. The molecule has 0 saturated carbocycles. The molecule has 0 N–H and O–H groups in total. The van der Waals surface area contributed by atoms with Gasteiger partial charge in [0.25, 0.3) is 5.78 Å². The van der Waals surface area contributed by atoms with E-state index in [2.05, 4.69) is 26.0 Å². The minimum atomic E-state index is -0.125. The fourth-order valence-electron chi connectivity index (χ4n) is 3.68. The highest BCUT2D eigenvalue weighted by Crippen LogP contribution is 2.28. The van der Waals surface area contributed by atoms with Gasteiger partial charge in [-0.3, -0.25) is 4.90 Å². The van der Waals surface area contributed by atoms with Gasteiger partial charge in [0.2, 0.25) is 0 Å². The molecule has 1 atom stereocenters. The van der Waals surface area contributed by atoms with Gasteiger partial charge in [-0.1, -0.05) is 12.1 Å². The van der Waals surface area contributed by atoms with Crippen LogP contribution in [-0.2, 0) is 6.54 Å². The third-order valence-corrected chi connectivity index (χ3v) is 4.97. The summed E-state index contributed by atoms with van der Waals surface area (Å²) in [6, 6.07) is 7.65. The molecule has 0 amide bonds. The fourth-order valence-corrected chi connectivity index (χ4v) is 3.68. The zero-order valence-electron chi connectivity index (χ0n) is 14.6. The number of aromatic nitrogens is 4. The molecule has 3 heterocycles. The molecule has 0 aliphatic carbocycles. The van der Waals surface area contributed by atoms with Crippen LogP contribution < -0.4 is 0 Å².